The Labute approximate surface area is 93.7 Å². The molecule has 0 bridgehead atoms. The maximum Gasteiger partial charge on any atom is 0.0917 e. The van der Waals surface area contributed by atoms with Gasteiger partial charge in [-0.3, -0.25) is 10.1 Å². The van der Waals surface area contributed by atoms with Gasteiger partial charge in [0.15, 0.2) is 0 Å². The molecule has 0 fully saturated rings. The lowest BCUT2D eigenvalue weighted by molar-refractivity contribution is 0.634. The van der Waals surface area contributed by atoms with Crippen molar-refractivity contribution < 1.29 is 4.21 Å². The maximum atomic E-state index is 11.0. The number of nitrogens with two attached hydrogens (primary N) is 1. The molecule has 1 rings (SSSR count). The number of aryl methyl sites for hydroxylation is 1. The summed E-state index contributed by atoms with van der Waals surface area (Å²) < 4.78 is 11.0. The molecule has 0 saturated carbocycles. The monoisotopic (exact) mass is 226 g/mol. The van der Waals surface area contributed by atoms with E-state index in [-0.39, 0.29) is 5.25 Å². The van der Waals surface area contributed by atoms with E-state index in [9.17, 15) is 4.21 Å². The third-order valence-corrected chi connectivity index (χ3v) is 3.57. The zero-order valence-corrected chi connectivity index (χ0v) is 10.3. The van der Waals surface area contributed by atoms with Crippen molar-refractivity contribution in [3.63, 3.8) is 0 Å². The van der Waals surface area contributed by atoms with Gasteiger partial charge < -0.3 is 0 Å². The SMILES string of the molecule is Cc1ccc([C@@H](C)CC(C)S(N)=O)cn1. The van der Waals surface area contributed by atoms with Crippen molar-refractivity contribution in [2.45, 2.75) is 38.4 Å². The van der Waals surface area contributed by atoms with Crippen molar-refractivity contribution in [1.29, 1.82) is 0 Å². The van der Waals surface area contributed by atoms with Crippen LogP contribution in [-0.2, 0) is 11.0 Å². The fourth-order valence-electron chi connectivity index (χ4n) is 1.50. The van der Waals surface area contributed by atoms with Crippen LogP contribution < -0.4 is 5.14 Å². The Kier molecular flexibility index (Phi) is 4.42. The summed E-state index contributed by atoms with van der Waals surface area (Å²) in [5, 5.41) is 5.37. The van der Waals surface area contributed by atoms with E-state index in [1.807, 2.05) is 26.1 Å². The van der Waals surface area contributed by atoms with Gasteiger partial charge in [-0.25, -0.2) is 4.21 Å². The molecule has 3 nitrogen and oxygen atoms in total. The molecule has 0 radical (unpaired) electrons. The highest BCUT2D eigenvalue weighted by molar-refractivity contribution is 7.83. The highest BCUT2D eigenvalue weighted by Crippen LogP contribution is 2.21. The third kappa shape index (κ3) is 3.72. The fourth-order valence-corrected chi connectivity index (χ4v) is 1.98. The first-order chi connectivity index (χ1) is 7.00. The van der Waals surface area contributed by atoms with Crippen LogP contribution in [0, 0.1) is 6.92 Å². The highest BCUT2D eigenvalue weighted by atomic mass is 32.2. The Hall–Kier alpha value is -0.740. The van der Waals surface area contributed by atoms with E-state index in [0.717, 1.165) is 12.1 Å². The molecule has 15 heavy (non-hydrogen) atoms. The molecule has 84 valence electrons. The van der Waals surface area contributed by atoms with Crippen molar-refractivity contribution >= 4 is 11.0 Å². The second-order valence-corrected chi connectivity index (χ2v) is 5.47. The first-order valence-corrected chi connectivity index (χ1v) is 6.36. The van der Waals surface area contributed by atoms with Crippen LogP contribution in [0.5, 0.6) is 0 Å². The highest BCUT2D eigenvalue weighted by Gasteiger charge is 2.13. The molecule has 4 heteroatoms. The number of rotatable bonds is 4. The summed E-state index contributed by atoms with van der Waals surface area (Å²) in [5.74, 6) is 0.348. The van der Waals surface area contributed by atoms with Gasteiger partial charge in [-0.2, -0.15) is 0 Å². The molecule has 0 spiro atoms. The van der Waals surface area contributed by atoms with E-state index in [2.05, 4.69) is 18.0 Å². The average molecular weight is 226 g/mol. The third-order valence-electron chi connectivity index (χ3n) is 2.59. The predicted molar refractivity (Wildman–Crippen MR) is 63.8 cm³/mol. The van der Waals surface area contributed by atoms with E-state index in [0.29, 0.717) is 5.92 Å². The van der Waals surface area contributed by atoms with Crippen LogP contribution in [0.25, 0.3) is 0 Å². The van der Waals surface area contributed by atoms with Crippen LogP contribution in [0.4, 0.5) is 0 Å². The Morgan fingerprint density at radius 2 is 2.13 bits per heavy atom. The predicted octanol–water partition coefficient (Wildman–Crippen LogP) is 1.89. The van der Waals surface area contributed by atoms with Gasteiger partial charge in [-0.05, 0) is 37.8 Å². The lowest BCUT2D eigenvalue weighted by atomic mass is 9.98. The van der Waals surface area contributed by atoms with Gasteiger partial charge >= 0.3 is 0 Å². The van der Waals surface area contributed by atoms with E-state index >= 15 is 0 Å². The minimum Gasteiger partial charge on any atom is -0.261 e. The molecular formula is C11H18N2OS. The molecule has 1 aromatic rings. The summed E-state index contributed by atoms with van der Waals surface area (Å²) in [6, 6.07) is 4.06. The standard InChI is InChI=1S/C11H18N2OS/c1-8(6-10(3)15(12)14)11-5-4-9(2)13-7-11/h4-5,7-8,10H,6,12H2,1-3H3/t8-,10?,15?/m0/s1. The van der Waals surface area contributed by atoms with E-state index < -0.39 is 11.0 Å². The molecule has 3 atom stereocenters. The summed E-state index contributed by atoms with van der Waals surface area (Å²) in [5.41, 5.74) is 2.19. The van der Waals surface area contributed by atoms with E-state index in [1.54, 1.807) is 0 Å². The average Bonchev–Trinajstić information content (AvgIpc) is 2.18. The molecule has 1 aromatic heterocycles. The van der Waals surface area contributed by atoms with Gasteiger partial charge in [0.25, 0.3) is 0 Å². The summed E-state index contributed by atoms with van der Waals surface area (Å²) in [6.45, 7) is 5.98. The smallest absolute Gasteiger partial charge is 0.0917 e. The number of pyridine rings is 1. The summed E-state index contributed by atoms with van der Waals surface area (Å²) in [4.78, 5) is 4.25. The number of aromatic nitrogens is 1. The van der Waals surface area contributed by atoms with E-state index in [1.165, 1.54) is 5.56 Å². The topological polar surface area (TPSA) is 56.0 Å². The van der Waals surface area contributed by atoms with Crippen molar-refractivity contribution in [3.05, 3.63) is 29.6 Å². The zero-order chi connectivity index (χ0) is 11.4. The van der Waals surface area contributed by atoms with Crippen molar-refractivity contribution in [1.82, 2.24) is 4.98 Å². The van der Waals surface area contributed by atoms with Crippen molar-refractivity contribution in [2.24, 2.45) is 5.14 Å². The molecule has 2 N–H and O–H groups in total. The lowest BCUT2D eigenvalue weighted by Crippen LogP contribution is -2.20. The quantitative estimate of drug-likeness (QED) is 0.852. The maximum absolute atomic E-state index is 11.0. The van der Waals surface area contributed by atoms with Gasteiger partial charge in [-0.1, -0.05) is 13.0 Å². The first kappa shape index (κ1) is 12.3. The second kappa shape index (κ2) is 5.37. The van der Waals surface area contributed by atoms with Gasteiger partial charge in [0.1, 0.15) is 0 Å². The number of hydrogen-bond acceptors (Lipinski definition) is 2. The molecule has 2 unspecified atom stereocenters. The minimum atomic E-state index is -1.23. The molecule has 0 saturated heterocycles. The van der Waals surface area contributed by atoms with Crippen LogP contribution in [0.1, 0.15) is 37.4 Å². The van der Waals surface area contributed by atoms with Gasteiger partial charge in [0, 0.05) is 17.1 Å². The second-order valence-electron chi connectivity index (χ2n) is 4.01. The Morgan fingerprint density at radius 3 is 2.60 bits per heavy atom. The number of hydrogen-bond donors (Lipinski definition) is 1. The van der Waals surface area contributed by atoms with Gasteiger partial charge in [0.05, 0.1) is 11.0 Å². The largest absolute Gasteiger partial charge is 0.261 e. The molecular weight excluding hydrogens is 208 g/mol. The van der Waals surface area contributed by atoms with Crippen LogP contribution in [0.3, 0.4) is 0 Å². The van der Waals surface area contributed by atoms with Crippen molar-refractivity contribution in [3.8, 4) is 0 Å². The minimum absolute atomic E-state index is 0.0290. The zero-order valence-electron chi connectivity index (χ0n) is 9.43. The molecule has 0 aromatic carbocycles. The summed E-state index contributed by atoms with van der Waals surface area (Å²) in [7, 11) is -1.23. The summed E-state index contributed by atoms with van der Waals surface area (Å²) in [6.07, 6.45) is 2.71. The van der Waals surface area contributed by atoms with Crippen LogP contribution in [0.2, 0.25) is 0 Å². The molecule has 0 aliphatic carbocycles. The Morgan fingerprint density at radius 1 is 1.47 bits per heavy atom. The molecule has 0 aliphatic heterocycles. The Balaban J connectivity index is 2.64. The van der Waals surface area contributed by atoms with Crippen LogP contribution >= 0.6 is 0 Å². The van der Waals surface area contributed by atoms with Gasteiger partial charge in [0.2, 0.25) is 0 Å². The van der Waals surface area contributed by atoms with Crippen LogP contribution in [0.15, 0.2) is 18.3 Å². The molecule has 0 amide bonds. The van der Waals surface area contributed by atoms with Crippen LogP contribution in [-0.4, -0.2) is 14.4 Å². The molecule has 1 heterocycles. The lowest BCUT2D eigenvalue weighted by Gasteiger charge is -2.15. The normalized spacial score (nSPS) is 17.1. The summed E-state index contributed by atoms with van der Waals surface area (Å²) >= 11 is 0. The van der Waals surface area contributed by atoms with E-state index in [4.69, 9.17) is 5.14 Å². The Bertz CT molecular complexity index is 337. The fraction of sp³-hybridized carbons (Fsp3) is 0.545. The van der Waals surface area contributed by atoms with Crippen molar-refractivity contribution in [2.75, 3.05) is 0 Å². The first-order valence-electron chi connectivity index (χ1n) is 5.08. The molecule has 0 aliphatic rings. The van der Waals surface area contributed by atoms with Gasteiger partial charge in [-0.15, -0.1) is 0 Å². The number of nitrogens with zero attached hydrogens (tertiary/aromatic N) is 1.